The van der Waals surface area contributed by atoms with Gasteiger partial charge in [-0.1, -0.05) is 12.8 Å². The van der Waals surface area contributed by atoms with Crippen LogP contribution >= 0.6 is 0 Å². The first-order chi connectivity index (χ1) is 19.0. The molecular formula is C28H38N4O6S2. The van der Waals surface area contributed by atoms with E-state index >= 15 is 0 Å². The summed E-state index contributed by atoms with van der Waals surface area (Å²) in [6, 6.07) is 11.6. The third-order valence-electron chi connectivity index (χ3n) is 7.63. The number of benzene rings is 2. The number of amides is 2. The standard InChI is InChI=1S/C28H38N4O6S2/c1-21-7-3-5-19-31(21)39(35,36)25-13-9-23(10-14-25)27(33)29-17-18-30-28(34)24-11-15-26(16-12-24)40(37,38)32-20-6-4-8-22(32)2/h9-16,21-22H,3-8,17-20H2,1-2H3,(H,29,33)(H,30,34)/t21-,22+. The second-order valence-corrected chi connectivity index (χ2v) is 14.3. The summed E-state index contributed by atoms with van der Waals surface area (Å²) in [6.45, 7) is 5.14. The minimum absolute atomic E-state index is 0.0497. The fourth-order valence-electron chi connectivity index (χ4n) is 5.24. The van der Waals surface area contributed by atoms with Gasteiger partial charge in [0.15, 0.2) is 0 Å². The van der Waals surface area contributed by atoms with Gasteiger partial charge in [0.25, 0.3) is 11.8 Å². The van der Waals surface area contributed by atoms with Crippen molar-refractivity contribution in [3.05, 3.63) is 59.7 Å². The lowest BCUT2D eigenvalue weighted by Crippen LogP contribution is -2.41. The lowest BCUT2D eigenvalue weighted by atomic mass is 10.1. The van der Waals surface area contributed by atoms with Gasteiger partial charge >= 0.3 is 0 Å². The summed E-state index contributed by atoms with van der Waals surface area (Å²) in [5.74, 6) is -0.767. The Morgan fingerprint density at radius 2 is 1.00 bits per heavy atom. The molecule has 2 fully saturated rings. The summed E-state index contributed by atoms with van der Waals surface area (Å²) in [6.07, 6.45) is 5.38. The van der Waals surface area contributed by atoms with E-state index in [1.54, 1.807) is 0 Å². The van der Waals surface area contributed by atoms with Crippen LogP contribution in [0.4, 0.5) is 0 Å². The van der Waals surface area contributed by atoms with Crippen molar-refractivity contribution in [2.75, 3.05) is 26.2 Å². The van der Waals surface area contributed by atoms with Crippen molar-refractivity contribution in [3.63, 3.8) is 0 Å². The van der Waals surface area contributed by atoms with Crippen molar-refractivity contribution in [1.82, 2.24) is 19.2 Å². The Bertz CT molecular complexity index is 1300. The molecule has 2 aromatic carbocycles. The Kier molecular flexibility index (Phi) is 9.65. The van der Waals surface area contributed by atoms with Crippen LogP contribution in [-0.2, 0) is 20.0 Å². The third kappa shape index (κ3) is 6.73. The molecule has 12 heteroatoms. The van der Waals surface area contributed by atoms with Crippen LogP contribution in [0.25, 0.3) is 0 Å². The molecule has 2 N–H and O–H groups in total. The summed E-state index contributed by atoms with van der Waals surface area (Å²) < 4.78 is 55.0. The SMILES string of the molecule is C[C@@H]1CCCCN1S(=O)(=O)c1ccc(C(=O)NCCNC(=O)c2ccc(S(=O)(=O)N3CCCC[C@@H]3C)cc2)cc1. The van der Waals surface area contributed by atoms with Crippen molar-refractivity contribution < 1.29 is 26.4 Å². The average molecular weight is 591 g/mol. The monoisotopic (exact) mass is 590 g/mol. The molecule has 2 aliphatic rings. The summed E-state index contributed by atoms with van der Waals surface area (Å²) in [4.78, 5) is 25.4. The van der Waals surface area contributed by atoms with E-state index < -0.39 is 20.0 Å². The maximum atomic E-state index is 13.0. The van der Waals surface area contributed by atoms with Crippen molar-refractivity contribution >= 4 is 31.9 Å². The highest BCUT2D eigenvalue weighted by atomic mass is 32.2. The molecule has 0 unspecified atom stereocenters. The molecule has 2 saturated heterocycles. The number of carbonyl (C=O) groups is 2. The predicted molar refractivity (Wildman–Crippen MR) is 152 cm³/mol. The largest absolute Gasteiger partial charge is 0.350 e. The number of sulfonamides is 2. The van der Waals surface area contributed by atoms with Crippen molar-refractivity contribution in [2.45, 2.75) is 74.2 Å². The molecule has 0 spiro atoms. The quantitative estimate of drug-likeness (QED) is 0.432. The highest BCUT2D eigenvalue weighted by molar-refractivity contribution is 7.89. The summed E-state index contributed by atoms with van der Waals surface area (Å²) in [5, 5.41) is 5.41. The smallest absolute Gasteiger partial charge is 0.251 e. The second kappa shape index (κ2) is 12.8. The van der Waals surface area contributed by atoms with Gasteiger partial charge in [0.1, 0.15) is 0 Å². The van der Waals surface area contributed by atoms with Gasteiger partial charge in [-0.15, -0.1) is 0 Å². The van der Waals surface area contributed by atoms with Gasteiger partial charge in [0.2, 0.25) is 20.0 Å². The fourth-order valence-corrected chi connectivity index (χ4v) is 8.64. The number of nitrogens with zero attached hydrogens (tertiary/aromatic N) is 2. The number of hydrogen-bond donors (Lipinski definition) is 2. The summed E-state index contributed by atoms with van der Waals surface area (Å²) in [7, 11) is -7.22. The third-order valence-corrected chi connectivity index (χ3v) is 11.7. The molecule has 0 bridgehead atoms. The zero-order valence-corrected chi connectivity index (χ0v) is 24.6. The molecular weight excluding hydrogens is 552 g/mol. The van der Waals surface area contributed by atoms with Gasteiger partial charge < -0.3 is 10.6 Å². The maximum Gasteiger partial charge on any atom is 0.251 e. The maximum absolute atomic E-state index is 13.0. The summed E-state index contributed by atoms with van der Waals surface area (Å²) >= 11 is 0. The van der Waals surface area contributed by atoms with Crippen LogP contribution in [-0.4, -0.2) is 75.5 Å². The van der Waals surface area contributed by atoms with Crippen LogP contribution in [0.2, 0.25) is 0 Å². The topological polar surface area (TPSA) is 133 Å². The first kappa shape index (κ1) is 30.2. The van der Waals surface area contributed by atoms with E-state index in [2.05, 4.69) is 10.6 Å². The van der Waals surface area contributed by atoms with Crippen LogP contribution in [0.3, 0.4) is 0 Å². The van der Waals surface area contributed by atoms with Crippen molar-refractivity contribution in [2.24, 2.45) is 0 Å². The summed E-state index contributed by atoms with van der Waals surface area (Å²) in [5.41, 5.74) is 0.633. The zero-order valence-electron chi connectivity index (χ0n) is 23.0. The Morgan fingerprint density at radius 3 is 1.32 bits per heavy atom. The molecule has 218 valence electrons. The average Bonchev–Trinajstić information content (AvgIpc) is 2.95. The van der Waals surface area contributed by atoms with Crippen LogP contribution in [0.1, 0.15) is 73.1 Å². The lowest BCUT2D eigenvalue weighted by molar-refractivity contribution is 0.0927. The van der Waals surface area contributed by atoms with Crippen LogP contribution in [0.5, 0.6) is 0 Å². The lowest BCUT2D eigenvalue weighted by Gasteiger charge is -2.32. The van der Waals surface area contributed by atoms with Gasteiger partial charge in [0, 0.05) is 49.4 Å². The molecule has 2 aliphatic heterocycles. The highest BCUT2D eigenvalue weighted by Gasteiger charge is 2.32. The van der Waals surface area contributed by atoms with Gasteiger partial charge in [-0.25, -0.2) is 16.8 Å². The fraction of sp³-hybridized carbons (Fsp3) is 0.500. The number of rotatable bonds is 9. The van der Waals surface area contributed by atoms with Gasteiger partial charge in [-0.2, -0.15) is 8.61 Å². The van der Waals surface area contributed by atoms with Gasteiger partial charge in [-0.05, 0) is 88.1 Å². The van der Waals surface area contributed by atoms with E-state index in [0.717, 1.165) is 38.5 Å². The molecule has 0 aliphatic carbocycles. The zero-order chi connectivity index (χ0) is 28.9. The van der Waals surface area contributed by atoms with Crippen LogP contribution in [0.15, 0.2) is 58.3 Å². The van der Waals surface area contributed by atoms with E-state index in [4.69, 9.17) is 0 Å². The molecule has 0 radical (unpaired) electrons. The first-order valence-electron chi connectivity index (χ1n) is 13.8. The molecule has 4 rings (SSSR count). The second-order valence-electron chi connectivity index (χ2n) is 10.5. The Labute approximate surface area is 237 Å². The Balaban J connectivity index is 1.26. The van der Waals surface area contributed by atoms with E-state index in [1.807, 2.05) is 13.8 Å². The van der Waals surface area contributed by atoms with Crippen molar-refractivity contribution in [3.8, 4) is 0 Å². The molecule has 40 heavy (non-hydrogen) atoms. The van der Waals surface area contributed by atoms with E-state index in [-0.39, 0.29) is 46.8 Å². The van der Waals surface area contributed by atoms with E-state index in [1.165, 1.54) is 57.1 Å². The minimum Gasteiger partial charge on any atom is -0.350 e. The van der Waals surface area contributed by atoms with Crippen molar-refractivity contribution in [1.29, 1.82) is 0 Å². The molecule has 2 heterocycles. The number of piperidine rings is 2. The highest BCUT2D eigenvalue weighted by Crippen LogP contribution is 2.26. The predicted octanol–water partition coefficient (Wildman–Crippen LogP) is 2.97. The Morgan fingerprint density at radius 1 is 0.650 bits per heavy atom. The minimum atomic E-state index is -3.61. The number of nitrogens with one attached hydrogen (secondary N) is 2. The first-order valence-corrected chi connectivity index (χ1v) is 16.7. The van der Waals surface area contributed by atoms with Crippen LogP contribution < -0.4 is 10.6 Å². The molecule has 10 nitrogen and oxygen atoms in total. The molecule has 2 aromatic rings. The molecule has 0 aromatic heterocycles. The van der Waals surface area contributed by atoms with E-state index in [9.17, 15) is 26.4 Å². The molecule has 0 saturated carbocycles. The van der Waals surface area contributed by atoms with Gasteiger partial charge in [-0.3, -0.25) is 9.59 Å². The normalized spacial score (nSPS) is 21.1. The number of hydrogen-bond acceptors (Lipinski definition) is 6. The van der Waals surface area contributed by atoms with E-state index in [0.29, 0.717) is 24.2 Å². The van der Waals surface area contributed by atoms with Crippen LogP contribution in [0, 0.1) is 0 Å². The van der Waals surface area contributed by atoms with Gasteiger partial charge in [0.05, 0.1) is 9.79 Å². The Hall–Kier alpha value is -2.80. The molecule has 2 amide bonds. The molecule has 2 atom stereocenters. The number of carbonyl (C=O) groups excluding carboxylic acids is 2.